The van der Waals surface area contributed by atoms with Crippen molar-refractivity contribution in [3.8, 4) is 0 Å². The Morgan fingerprint density at radius 2 is 1.94 bits per heavy atom. The smallest absolute Gasteiger partial charge is 0.257 e. The minimum Gasteiger partial charge on any atom is -0.361 e. The van der Waals surface area contributed by atoms with Crippen molar-refractivity contribution >= 4 is 39.2 Å². The van der Waals surface area contributed by atoms with Gasteiger partial charge in [0.15, 0.2) is 5.11 Å². The number of nitrogens with one attached hydrogen (secondary N) is 2. The van der Waals surface area contributed by atoms with Gasteiger partial charge in [0.1, 0.15) is 0 Å². The van der Waals surface area contributed by atoms with Gasteiger partial charge in [0.25, 0.3) is 5.91 Å². The SMILES string of the molecule is CN(C)CCNC(=S)NC(=O)c1ccc(Br)cc1. The van der Waals surface area contributed by atoms with E-state index < -0.39 is 0 Å². The van der Waals surface area contributed by atoms with Gasteiger partial charge in [-0.3, -0.25) is 10.1 Å². The molecular formula is C12H16BrN3OS. The van der Waals surface area contributed by atoms with Gasteiger partial charge in [0, 0.05) is 23.1 Å². The average molecular weight is 330 g/mol. The second-order valence-electron chi connectivity index (χ2n) is 4.02. The van der Waals surface area contributed by atoms with Crippen molar-refractivity contribution in [1.82, 2.24) is 15.5 Å². The lowest BCUT2D eigenvalue weighted by molar-refractivity contribution is 0.0976. The normalized spacial score (nSPS) is 10.2. The molecule has 1 aromatic carbocycles. The van der Waals surface area contributed by atoms with Crippen LogP contribution in [-0.4, -0.2) is 43.1 Å². The zero-order chi connectivity index (χ0) is 13.5. The van der Waals surface area contributed by atoms with Gasteiger partial charge in [0.05, 0.1) is 0 Å². The Hall–Kier alpha value is -0.980. The van der Waals surface area contributed by atoms with Crippen molar-refractivity contribution < 1.29 is 4.79 Å². The van der Waals surface area contributed by atoms with Crippen LogP contribution in [0, 0.1) is 0 Å². The Balaban J connectivity index is 2.40. The summed E-state index contributed by atoms with van der Waals surface area (Å²) in [7, 11) is 3.95. The third-order valence-electron chi connectivity index (χ3n) is 2.18. The first-order valence-corrected chi connectivity index (χ1v) is 6.68. The van der Waals surface area contributed by atoms with Crippen molar-refractivity contribution in [2.45, 2.75) is 0 Å². The first kappa shape index (κ1) is 15.1. The highest BCUT2D eigenvalue weighted by Crippen LogP contribution is 2.10. The van der Waals surface area contributed by atoms with Gasteiger partial charge >= 0.3 is 0 Å². The number of carbonyl (C=O) groups is 1. The monoisotopic (exact) mass is 329 g/mol. The molecule has 0 aromatic heterocycles. The van der Waals surface area contributed by atoms with Crippen molar-refractivity contribution in [3.05, 3.63) is 34.3 Å². The van der Waals surface area contributed by atoms with Gasteiger partial charge in [0.2, 0.25) is 0 Å². The fourth-order valence-corrected chi connectivity index (χ4v) is 1.67. The Bertz CT molecular complexity index is 420. The first-order chi connectivity index (χ1) is 8.49. The summed E-state index contributed by atoms with van der Waals surface area (Å²) in [6.07, 6.45) is 0. The van der Waals surface area contributed by atoms with Gasteiger partial charge in [-0.05, 0) is 50.6 Å². The highest BCUT2D eigenvalue weighted by atomic mass is 79.9. The summed E-state index contributed by atoms with van der Waals surface area (Å²) in [5.41, 5.74) is 0.579. The largest absolute Gasteiger partial charge is 0.361 e. The van der Waals surface area contributed by atoms with Gasteiger partial charge in [-0.25, -0.2) is 0 Å². The average Bonchev–Trinajstić information content (AvgIpc) is 2.29. The van der Waals surface area contributed by atoms with E-state index >= 15 is 0 Å². The third-order valence-corrected chi connectivity index (χ3v) is 2.95. The number of hydrogen-bond acceptors (Lipinski definition) is 3. The Kier molecular flexibility index (Phi) is 6.24. The summed E-state index contributed by atoms with van der Waals surface area (Å²) in [6.45, 7) is 1.56. The maximum Gasteiger partial charge on any atom is 0.257 e. The van der Waals surface area contributed by atoms with Crippen molar-refractivity contribution in [2.24, 2.45) is 0 Å². The fraction of sp³-hybridized carbons (Fsp3) is 0.333. The maximum absolute atomic E-state index is 11.8. The van der Waals surface area contributed by atoms with Crippen LogP contribution in [0.5, 0.6) is 0 Å². The number of carbonyl (C=O) groups excluding carboxylic acids is 1. The molecule has 0 bridgehead atoms. The maximum atomic E-state index is 11.8. The topological polar surface area (TPSA) is 44.4 Å². The molecule has 0 radical (unpaired) electrons. The van der Waals surface area contributed by atoms with Crippen LogP contribution in [0.15, 0.2) is 28.7 Å². The van der Waals surface area contributed by atoms with Crippen LogP contribution < -0.4 is 10.6 Å². The van der Waals surface area contributed by atoms with Gasteiger partial charge in [-0.15, -0.1) is 0 Å². The van der Waals surface area contributed by atoms with E-state index in [4.69, 9.17) is 12.2 Å². The molecule has 0 saturated heterocycles. The van der Waals surface area contributed by atoms with Crippen LogP contribution in [0.3, 0.4) is 0 Å². The van der Waals surface area contributed by atoms with E-state index in [1.54, 1.807) is 12.1 Å². The summed E-state index contributed by atoms with van der Waals surface area (Å²) >= 11 is 8.36. The molecule has 0 spiro atoms. The standard InChI is InChI=1S/C12H16BrN3OS/c1-16(2)8-7-14-12(18)15-11(17)9-3-5-10(13)6-4-9/h3-6H,7-8H2,1-2H3,(H2,14,15,17,18). The van der Waals surface area contributed by atoms with E-state index in [1.807, 2.05) is 31.1 Å². The molecule has 1 amide bonds. The summed E-state index contributed by atoms with van der Waals surface area (Å²) in [4.78, 5) is 13.8. The Labute approximate surface area is 121 Å². The van der Waals surface area contributed by atoms with Crippen molar-refractivity contribution in [2.75, 3.05) is 27.2 Å². The van der Waals surface area contributed by atoms with E-state index in [9.17, 15) is 4.79 Å². The molecule has 0 aliphatic rings. The number of rotatable bonds is 4. The van der Waals surface area contributed by atoms with Crippen LogP contribution in [0.1, 0.15) is 10.4 Å². The first-order valence-electron chi connectivity index (χ1n) is 5.48. The zero-order valence-electron chi connectivity index (χ0n) is 10.4. The second kappa shape index (κ2) is 7.45. The van der Waals surface area contributed by atoms with Crippen LogP contribution in [-0.2, 0) is 0 Å². The van der Waals surface area contributed by atoms with Crippen molar-refractivity contribution in [3.63, 3.8) is 0 Å². The zero-order valence-corrected chi connectivity index (χ0v) is 12.8. The molecule has 0 saturated carbocycles. The number of nitrogens with zero attached hydrogens (tertiary/aromatic N) is 1. The predicted octanol–water partition coefficient (Wildman–Crippen LogP) is 1.61. The number of halogens is 1. The highest BCUT2D eigenvalue weighted by molar-refractivity contribution is 9.10. The van der Waals surface area contributed by atoms with E-state index in [0.29, 0.717) is 17.2 Å². The molecule has 0 aliphatic heterocycles. The van der Waals surface area contributed by atoms with Gasteiger partial charge < -0.3 is 10.2 Å². The number of hydrogen-bond donors (Lipinski definition) is 2. The molecule has 0 heterocycles. The van der Waals surface area contributed by atoms with Crippen molar-refractivity contribution in [1.29, 1.82) is 0 Å². The van der Waals surface area contributed by atoms with Crippen LogP contribution >= 0.6 is 28.1 Å². The molecule has 0 aliphatic carbocycles. The molecule has 0 fully saturated rings. The lowest BCUT2D eigenvalue weighted by Crippen LogP contribution is -2.41. The van der Waals surface area contributed by atoms with Crippen LogP contribution in [0.25, 0.3) is 0 Å². The molecule has 4 nitrogen and oxygen atoms in total. The van der Waals surface area contributed by atoms with Crippen LogP contribution in [0.4, 0.5) is 0 Å². The molecule has 2 N–H and O–H groups in total. The molecule has 18 heavy (non-hydrogen) atoms. The molecular weight excluding hydrogens is 314 g/mol. The lowest BCUT2D eigenvalue weighted by Gasteiger charge is -2.12. The minimum atomic E-state index is -0.204. The summed E-state index contributed by atoms with van der Waals surface area (Å²) in [5, 5.41) is 5.96. The lowest BCUT2D eigenvalue weighted by atomic mass is 10.2. The molecule has 0 atom stereocenters. The molecule has 0 unspecified atom stereocenters. The molecule has 1 aromatic rings. The summed E-state index contributed by atoms with van der Waals surface area (Å²) < 4.78 is 0.936. The quantitative estimate of drug-likeness (QED) is 0.824. The highest BCUT2D eigenvalue weighted by Gasteiger charge is 2.06. The predicted molar refractivity (Wildman–Crippen MR) is 80.8 cm³/mol. The number of likely N-dealkylation sites (N-methyl/N-ethyl adjacent to an activating group) is 1. The van der Waals surface area contributed by atoms with Crippen LogP contribution in [0.2, 0.25) is 0 Å². The number of benzene rings is 1. The van der Waals surface area contributed by atoms with E-state index in [0.717, 1.165) is 11.0 Å². The number of thiocarbonyl (C=S) groups is 1. The number of amides is 1. The second-order valence-corrected chi connectivity index (χ2v) is 5.34. The minimum absolute atomic E-state index is 0.204. The summed E-state index contributed by atoms with van der Waals surface area (Å²) in [6, 6.07) is 7.11. The third kappa shape index (κ3) is 5.57. The molecule has 98 valence electrons. The Morgan fingerprint density at radius 1 is 1.33 bits per heavy atom. The van der Waals surface area contributed by atoms with E-state index in [2.05, 4.69) is 26.6 Å². The van der Waals surface area contributed by atoms with E-state index in [1.165, 1.54) is 0 Å². The van der Waals surface area contributed by atoms with Gasteiger partial charge in [-0.2, -0.15) is 0 Å². The Morgan fingerprint density at radius 3 is 2.50 bits per heavy atom. The molecule has 6 heteroatoms. The molecule has 1 rings (SSSR count). The van der Waals surface area contributed by atoms with E-state index in [-0.39, 0.29) is 5.91 Å². The fourth-order valence-electron chi connectivity index (χ4n) is 1.21. The summed E-state index contributed by atoms with van der Waals surface area (Å²) in [5.74, 6) is -0.204. The van der Waals surface area contributed by atoms with Gasteiger partial charge in [-0.1, -0.05) is 15.9 Å².